The van der Waals surface area contributed by atoms with E-state index in [0.717, 1.165) is 21.7 Å². The molecule has 1 heterocycles. The Kier molecular flexibility index (Phi) is 4.76. The number of aromatic nitrogens is 1. The molecule has 2 rings (SSSR count). The molecule has 102 valence electrons. The van der Waals surface area contributed by atoms with Crippen LogP contribution in [-0.4, -0.2) is 11.0 Å². The van der Waals surface area contributed by atoms with Crippen molar-refractivity contribution in [2.75, 3.05) is 0 Å². The molecule has 0 saturated carbocycles. The molecule has 2 aromatic rings. The summed E-state index contributed by atoms with van der Waals surface area (Å²) in [5.74, 6) is 0. The lowest BCUT2D eigenvalue weighted by molar-refractivity contribution is 0.591. The van der Waals surface area contributed by atoms with Crippen molar-refractivity contribution in [2.45, 2.75) is 40.3 Å². The van der Waals surface area contributed by atoms with Crippen LogP contribution in [0.5, 0.6) is 0 Å². The molecule has 0 radical (unpaired) electrons. The van der Waals surface area contributed by atoms with Crippen LogP contribution >= 0.6 is 27.3 Å². The van der Waals surface area contributed by atoms with Crippen LogP contribution in [0.1, 0.15) is 30.0 Å². The third-order valence-corrected chi connectivity index (χ3v) is 4.67. The number of nitrogens with one attached hydrogen (secondary N) is 1. The molecule has 0 bridgehead atoms. The Morgan fingerprint density at radius 1 is 1.32 bits per heavy atom. The lowest BCUT2D eigenvalue weighted by Crippen LogP contribution is -2.21. The number of rotatable bonds is 4. The van der Waals surface area contributed by atoms with Gasteiger partial charge in [-0.3, -0.25) is 0 Å². The van der Waals surface area contributed by atoms with E-state index in [2.05, 4.69) is 67.1 Å². The Morgan fingerprint density at radius 2 is 2.05 bits per heavy atom. The third-order valence-electron chi connectivity index (χ3n) is 2.98. The van der Waals surface area contributed by atoms with Crippen molar-refractivity contribution in [1.29, 1.82) is 0 Å². The molecule has 1 N–H and O–H groups in total. The van der Waals surface area contributed by atoms with Crippen molar-refractivity contribution in [1.82, 2.24) is 10.3 Å². The van der Waals surface area contributed by atoms with E-state index in [1.54, 1.807) is 11.3 Å². The molecule has 0 aliphatic heterocycles. The van der Waals surface area contributed by atoms with Crippen molar-refractivity contribution >= 4 is 27.3 Å². The Morgan fingerprint density at radius 3 is 2.68 bits per heavy atom. The largest absolute Gasteiger partial charge is 0.310 e. The number of nitrogens with zero attached hydrogens (tertiary/aromatic N) is 1. The smallest absolute Gasteiger partial charge is 0.124 e. The number of thiazole rings is 1. The molecule has 19 heavy (non-hydrogen) atoms. The summed E-state index contributed by atoms with van der Waals surface area (Å²) < 4.78 is 1.11. The molecule has 0 fully saturated rings. The summed E-state index contributed by atoms with van der Waals surface area (Å²) in [6, 6.07) is 6.85. The summed E-state index contributed by atoms with van der Waals surface area (Å²) in [6.07, 6.45) is 0. The molecular formula is C15H19BrN2S. The summed E-state index contributed by atoms with van der Waals surface area (Å²) in [6.45, 7) is 9.44. The van der Waals surface area contributed by atoms with E-state index in [-0.39, 0.29) is 0 Å². The fourth-order valence-corrected chi connectivity index (χ4v) is 3.45. The van der Waals surface area contributed by atoms with E-state index in [0.29, 0.717) is 6.04 Å². The Balaban J connectivity index is 2.28. The van der Waals surface area contributed by atoms with Crippen molar-refractivity contribution in [3.05, 3.63) is 38.8 Å². The fourth-order valence-electron chi connectivity index (χ4n) is 1.87. The van der Waals surface area contributed by atoms with Crippen molar-refractivity contribution < 1.29 is 0 Å². The molecule has 0 atom stereocenters. The van der Waals surface area contributed by atoms with Crippen LogP contribution in [0.3, 0.4) is 0 Å². The second kappa shape index (κ2) is 6.16. The van der Waals surface area contributed by atoms with Gasteiger partial charge in [-0.15, -0.1) is 11.3 Å². The minimum atomic E-state index is 0.499. The van der Waals surface area contributed by atoms with Crippen LogP contribution in [0.4, 0.5) is 0 Å². The molecule has 0 aliphatic carbocycles. The van der Waals surface area contributed by atoms with E-state index in [1.807, 2.05) is 0 Å². The summed E-state index contributed by atoms with van der Waals surface area (Å²) in [4.78, 5) is 6.04. The van der Waals surface area contributed by atoms with Gasteiger partial charge in [-0.05, 0) is 31.5 Å². The predicted molar refractivity (Wildman–Crippen MR) is 86.7 cm³/mol. The Bertz CT molecular complexity index is 576. The maximum atomic E-state index is 4.71. The van der Waals surface area contributed by atoms with E-state index in [4.69, 9.17) is 4.98 Å². The first-order chi connectivity index (χ1) is 8.97. The maximum Gasteiger partial charge on any atom is 0.124 e. The van der Waals surface area contributed by atoms with Gasteiger partial charge in [-0.1, -0.05) is 35.8 Å². The SMILES string of the molecule is Cc1cc(Br)ccc1-c1nc(C)c(CNC(C)C)s1. The molecule has 0 unspecified atom stereocenters. The van der Waals surface area contributed by atoms with Gasteiger partial charge in [-0.2, -0.15) is 0 Å². The number of aryl methyl sites for hydroxylation is 2. The maximum absolute atomic E-state index is 4.71. The molecule has 0 saturated heterocycles. The van der Waals surface area contributed by atoms with Gasteiger partial charge in [0.15, 0.2) is 0 Å². The minimum Gasteiger partial charge on any atom is -0.310 e. The van der Waals surface area contributed by atoms with Crippen molar-refractivity contribution in [3.63, 3.8) is 0 Å². The van der Waals surface area contributed by atoms with Crippen LogP contribution in [0.25, 0.3) is 10.6 Å². The lowest BCUT2D eigenvalue weighted by Gasteiger charge is -2.06. The molecule has 0 amide bonds. The summed E-state index contributed by atoms with van der Waals surface area (Å²) in [5.41, 5.74) is 3.62. The van der Waals surface area contributed by atoms with Gasteiger partial charge < -0.3 is 5.32 Å². The predicted octanol–water partition coefficient (Wildman–Crippen LogP) is 4.69. The Hall–Kier alpha value is -0.710. The standard InChI is InChI=1S/C15H19BrN2S/c1-9(2)17-8-14-11(4)18-15(19-14)13-6-5-12(16)7-10(13)3/h5-7,9,17H,8H2,1-4H3. The summed E-state index contributed by atoms with van der Waals surface area (Å²) >= 11 is 5.29. The minimum absolute atomic E-state index is 0.499. The second-order valence-electron chi connectivity index (χ2n) is 5.02. The quantitative estimate of drug-likeness (QED) is 0.874. The molecule has 0 aliphatic rings. The first kappa shape index (κ1) is 14.7. The van der Waals surface area contributed by atoms with Gasteiger partial charge >= 0.3 is 0 Å². The number of hydrogen-bond acceptors (Lipinski definition) is 3. The van der Waals surface area contributed by atoms with Gasteiger partial charge in [-0.25, -0.2) is 4.98 Å². The fraction of sp³-hybridized carbons (Fsp3) is 0.400. The molecular weight excluding hydrogens is 320 g/mol. The number of hydrogen-bond donors (Lipinski definition) is 1. The van der Waals surface area contributed by atoms with Crippen LogP contribution in [-0.2, 0) is 6.54 Å². The van der Waals surface area contributed by atoms with Crippen molar-refractivity contribution in [3.8, 4) is 10.6 Å². The van der Waals surface area contributed by atoms with E-state index >= 15 is 0 Å². The zero-order valence-electron chi connectivity index (χ0n) is 11.7. The number of benzene rings is 1. The highest BCUT2D eigenvalue weighted by Gasteiger charge is 2.11. The van der Waals surface area contributed by atoms with Gasteiger partial charge in [0.25, 0.3) is 0 Å². The highest BCUT2D eigenvalue weighted by Crippen LogP contribution is 2.31. The summed E-state index contributed by atoms with van der Waals surface area (Å²) in [5, 5.41) is 4.57. The van der Waals surface area contributed by atoms with Crippen LogP contribution < -0.4 is 5.32 Å². The highest BCUT2D eigenvalue weighted by molar-refractivity contribution is 9.10. The average molecular weight is 339 g/mol. The molecule has 1 aromatic heterocycles. The van der Waals surface area contributed by atoms with Crippen LogP contribution in [0.2, 0.25) is 0 Å². The van der Waals surface area contributed by atoms with Crippen molar-refractivity contribution in [2.24, 2.45) is 0 Å². The normalized spacial score (nSPS) is 11.3. The van der Waals surface area contributed by atoms with E-state index in [9.17, 15) is 0 Å². The molecule has 2 nitrogen and oxygen atoms in total. The number of halogens is 1. The van der Waals surface area contributed by atoms with Crippen LogP contribution in [0.15, 0.2) is 22.7 Å². The van der Waals surface area contributed by atoms with Gasteiger partial charge in [0.05, 0.1) is 5.69 Å². The van der Waals surface area contributed by atoms with E-state index < -0.39 is 0 Å². The monoisotopic (exact) mass is 338 g/mol. The second-order valence-corrected chi connectivity index (χ2v) is 7.02. The first-order valence-electron chi connectivity index (χ1n) is 6.43. The zero-order valence-corrected chi connectivity index (χ0v) is 14.2. The summed E-state index contributed by atoms with van der Waals surface area (Å²) in [7, 11) is 0. The van der Waals surface area contributed by atoms with Gasteiger partial charge in [0, 0.05) is 27.5 Å². The Labute approximate surface area is 127 Å². The molecule has 4 heteroatoms. The van der Waals surface area contributed by atoms with Gasteiger partial charge in [0.2, 0.25) is 0 Å². The van der Waals surface area contributed by atoms with E-state index in [1.165, 1.54) is 16.0 Å². The third kappa shape index (κ3) is 3.65. The average Bonchev–Trinajstić information content (AvgIpc) is 2.67. The first-order valence-corrected chi connectivity index (χ1v) is 8.04. The lowest BCUT2D eigenvalue weighted by atomic mass is 10.1. The topological polar surface area (TPSA) is 24.9 Å². The molecule has 1 aromatic carbocycles. The highest BCUT2D eigenvalue weighted by atomic mass is 79.9. The van der Waals surface area contributed by atoms with Gasteiger partial charge in [0.1, 0.15) is 5.01 Å². The van der Waals surface area contributed by atoms with Crippen LogP contribution in [0, 0.1) is 13.8 Å². The zero-order chi connectivity index (χ0) is 14.0. The molecule has 0 spiro atoms.